The van der Waals surface area contributed by atoms with E-state index in [0.717, 1.165) is 19.5 Å². The molecule has 0 saturated heterocycles. The molecule has 4 nitrogen and oxygen atoms in total. The number of rotatable bonds is 5. The second kappa shape index (κ2) is 6.65. The minimum absolute atomic E-state index is 0.0761. The van der Waals surface area contributed by atoms with E-state index in [-0.39, 0.29) is 6.03 Å². The average Bonchev–Trinajstić information content (AvgIpc) is 2.10. The highest BCUT2D eigenvalue weighted by atomic mass is 16.2. The molecule has 14 heavy (non-hydrogen) atoms. The number of hydrogen-bond donors (Lipinski definition) is 1. The van der Waals surface area contributed by atoms with Crippen LogP contribution in [0.2, 0.25) is 0 Å². The Hall–Kier alpha value is -0.770. The van der Waals surface area contributed by atoms with Crippen molar-refractivity contribution >= 4 is 6.03 Å². The number of nitrogens with zero attached hydrogens (tertiary/aromatic N) is 2. The van der Waals surface area contributed by atoms with Crippen molar-refractivity contribution in [3.8, 4) is 0 Å². The van der Waals surface area contributed by atoms with Crippen LogP contribution in [0, 0.1) is 5.92 Å². The van der Waals surface area contributed by atoms with Gasteiger partial charge in [-0.05, 0) is 18.9 Å². The predicted molar refractivity (Wildman–Crippen MR) is 59.2 cm³/mol. The van der Waals surface area contributed by atoms with Crippen LogP contribution in [-0.4, -0.2) is 49.6 Å². The molecule has 0 aliphatic rings. The molecule has 0 rings (SSSR count). The van der Waals surface area contributed by atoms with Gasteiger partial charge >= 0.3 is 6.03 Å². The first-order chi connectivity index (χ1) is 6.49. The van der Waals surface area contributed by atoms with E-state index in [4.69, 9.17) is 5.73 Å². The van der Waals surface area contributed by atoms with E-state index in [1.807, 2.05) is 4.90 Å². The molecule has 0 bridgehead atoms. The molecule has 0 atom stereocenters. The molecule has 4 heteroatoms. The van der Waals surface area contributed by atoms with Crippen LogP contribution in [0.5, 0.6) is 0 Å². The molecule has 0 aliphatic carbocycles. The minimum Gasteiger partial charge on any atom is -0.331 e. The van der Waals surface area contributed by atoms with Crippen molar-refractivity contribution in [1.29, 1.82) is 0 Å². The lowest BCUT2D eigenvalue weighted by molar-refractivity contribution is 0.164. The second-order valence-corrected chi connectivity index (χ2v) is 4.16. The smallest absolute Gasteiger partial charge is 0.319 e. The first-order valence-electron chi connectivity index (χ1n) is 5.15. The van der Waals surface area contributed by atoms with Gasteiger partial charge in [-0.3, -0.25) is 0 Å². The summed E-state index contributed by atoms with van der Waals surface area (Å²) in [6.45, 7) is 6.41. The van der Waals surface area contributed by atoms with Gasteiger partial charge < -0.3 is 15.5 Å². The maximum atomic E-state index is 11.7. The van der Waals surface area contributed by atoms with E-state index in [0.29, 0.717) is 12.5 Å². The summed E-state index contributed by atoms with van der Waals surface area (Å²) in [5, 5.41) is 0. The largest absolute Gasteiger partial charge is 0.331 e. The Balaban J connectivity index is 4.15. The summed E-state index contributed by atoms with van der Waals surface area (Å²) in [5.41, 5.74) is 5.43. The highest BCUT2D eigenvalue weighted by Gasteiger charge is 2.15. The zero-order chi connectivity index (χ0) is 11.1. The number of amides is 2. The normalized spacial score (nSPS) is 10.4. The molecule has 0 aromatic heterocycles. The van der Waals surface area contributed by atoms with Crippen molar-refractivity contribution < 1.29 is 4.79 Å². The first kappa shape index (κ1) is 13.2. The van der Waals surface area contributed by atoms with Gasteiger partial charge in [-0.15, -0.1) is 0 Å². The Bertz CT molecular complexity index is 169. The number of urea groups is 1. The quantitative estimate of drug-likeness (QED) is 0.720. The molecule has 0 saturated carbocycles. The minimum atomic E-state index is 0.0761. The van der Waals surface area contributed by atoms with Gasteiger partial charge in [0.1, 0.15) is 0 Å². The van der Waals surface area contributed by atoms with Gasteiger partial charge in [-0.2, -0.15) is 0 Å². The summed E-state index contributed by atoms with van der Waals surface area (Å²) in [5.74, 6) is 0.497. The van der Waals surface area contributed by atoms with Gasteiger partial charge in [0.15, 0.2) is 0 Å². The van der Waals surface area contributed by atoms with Crippen LogP contribution in [0.1, 0.15) is 20.3 Å². The zero-order valence-electron chi connectivity index (χ0n) is 9.79. The third kappa shape index (κ3) is 5.07. The molecule has 0 radical (unpaired) electrons. The van der Waals surface area contributed by atoms with Gasteiger partial charge in [-0.1, -0.05) is 13.8 Å². The lowest BCUT2D eigenvalue weighted by Crippen LogP contribution is -2.42. The molecule has 0 heterocycles. The molecule has 0 fully saturated rings. The Morgan fingerprint density at radius 2 is 1.93 bits per heavy atom. The third-order valence-electron chi connectivity index (χ3n) is 1.87. The maximum absolute atomic E-state index is 11.7. The maximum Gasteiger partial charge on any atom is 0.319 e. The monoisotopic (exact) mass is 201 g/mol. The molecular weight excluding hydrogens is 178 g/mol. The van der Waals surface area contributed by atoms with E-state index in [9.17, 15) is 4.79 Å². The SMILES string of the molecule is CC(C)CN(CCCN)C(=O)N(C)C. The first-order valence-corrected chi connectivity index (χ1v) is 5.15. The van der Waals surface area contributed by atoms with Crippen LogP contribution in [0.3, 0.4) is 0 Å². The van der Waals surface area contributed by atoms with E-state index in [1.54, 1.807) is 19.0 Å². The topological polar surface area (TPSA) is 49.6 Å². The lowest BCUT2D eigenvalue weighted by atomic mass is 10.2. The summed E-state index contributed by atoms with van der Waals surface area (Å²) in [6, 6.07) is 0.0761. The van der Waals surface area contributed by atoms with Gasteiger partial charge in [-0.25, -0.2) is 4.79 Å². The Kier molecular flexibility index (Phi) is 6.28. The lowest BCUT2D eigenvalue weighted by Gasteiger charge is -2.27. The average molecular weight is 201 g/mol. The van der Waals surface area contributed by atoms with Crippen molar-refractivity contribution in [2.45, 2.75) is 20.3 Å². The molecule has 84 valence electrons. The number of nitrogens with two attached hydrogens (primary N) is 1. The fourth-order valence-corrected chi connectivity index (χ4v) is 1.27. The van der Waals surface area contributed by atoms with E-state index in [2.05, 4.69) is 13.8 Å². The number of carbonyl (C=O) groups is 1. The van der Waals surface area contributed by atoms with Crippen molar-refractivity contribution in [2.24, 2.45) is 11.7 Å². The predicted octanol–water partition coefficient (Wildman–Crippen LogP) is 0.975. The summed E-state index contributed by atoms with van der Waals surface area (Å²) < 4.78 is 0. The fraction of sp³-hybridized carbons (Fsp3) is 0.900. The van der Waals surface area contributed by atoms with Crippen LogP contribution >= 0.6 is 0 Å². The van der Waals surface area contributed by atoms with Crippen LogP contribution < -0.4 is 5.73 Å². The summed E-state index contributed by atoms with van der Waals surface area (Å²) in [6.07, 6.45) is 0.867. The van der Waals surface area contributed by atoms with Crippen LogP contribution in [-0.2, 0) is 0 Å². The number of carbonyl (C=O) groups excluding carboxylic acids is 1. The molecule has 2 amide bonds. The fourth-order valence-electron chi connectivity index (χ4n) is 1.27. The van der Waals surface area contributed by atoms with Gasteiger partial charge in [0.2, 0.25) is 0 Å². The van der Waals surface area contributed by atoms with Gasteiger partial charge in [0, 0.05) is 27.2 Å². The zero-order valence-corrected chi connectivity index (χ0v) is 9.79. The van der Waals surface area contributed by atoms with Crippen LogP contribution in [0.15, 0.2) is 0 Å². The second-order valence-electron chi connectivity index (χ2n) is 4.16. The van der Waals surface area contributed by atoms with Gasteiger partial charge in [0.05, 0.1) is 0 Å². The van der Waals surface area contributed by atoms with Crippen molar-refractivity contribution in [1.82, 2.24) is 9.80 Å². The van der Waals surface area contributed by atoms with Crippen molar-refractivity contribution in [3.05, 3.63) is 0 Å². The van der Waals surface area contributed by atoms with Crippen molar-refractivity contribution in [3.63, 3.8) is 0 Å². The molecular formula is C10H23N3O. The Morgan fingerprint density at radius 1 is 1.36 bits per heavy atom. The van der Waals surface area contributed by atoms with E-state index < -0.39 is 0 Å². The summed E-state index contributed by atoms with van der Waals surface area (Å²) in [7, 11) is 3.55. The highest BCUT2D eigenvalue weighted by molar-refractivity contribution is 5.73. The highest BCUT2D eigenvalue weighted by Crippen LogP contribution is 2.02. The molecule has 0 aromatic rings. The molecule has 0 spiro atoms. The van der Waals surface area contributed by atoms with E-state index in [1.165, 1.54) is 0 Å². The van der Waals surface area contributed by atoms with Gasteiger partial charge in [0.25, 0.3) is 0 Å². The van der Waals surface area contributed by atoms with Crippen LogP contribution in [0.4, 0.5) is 4.79 Å². The summed E-state index contributed by atoms with van der Waals surface area (Å²) >= 11 is 0. The number of hydrogen-bond acceptors (Lipinski definition) is 2. The Morgan fingerprint density at radius 3 is 2.29 bits per heavy atom. The van der Waals surface area contributed by atoms with E-state index >= 15 is 0 Å². The molecule has 0 aromatic carbocycles. The Labute approximate surface area is 87.0 Å². The van der Waals surface area contributed by atoms with Crippen molar-refractivity contribution in [2.75, 3.05) is 33.7 Å². The summed E-state index contributed by atoms with van der Waals surface area (Å²) in [4.78, 5) is 15.2. The molecule has 0 aliphatic heterocycles. The molecule has 2 N–H and O–H groups in total. The van der Waals surface area contributed by atoms with Crippen LogP contribution in [0.25, 0.3) is 0 Å². The standard InChI is InChI=1S/C10H23N3O/c1-9(2)8-13(7-5-6-11)10(14)12(3)4/h9H,5-8,11H2,1-4H3. The third-order valence-corrected chi connectivity index (χ3v) is 1.87. The molecule has 0 unspecified atom stereocenters.